The van der Waals surface area contributed by atoms with E-state index in [1.807, 2.05) is 19.3 Å². The van der Waals surface area contributed by atoms with Gasteiger partial charge in [0.05, 0.1) is 12.8 Å². The maximum Gasteiger partial charge on any atom is 0.212 e. The van der Waals surface area contributed by atoms with E-state index in [0.717, 1.165) is 24.3 Å². The molecule has 0 amide bonds. The Balaban J connectivity index is 1.55. The summed E-state index contributed by atoms with van der Waals surface area (Å²) in [5.41, 5.74) is 6.19. The van der Waals surface area contributed by atoms with Gasteiger partial charge >= 0.3 is 0 Å². The Morgan fingerprint density at radius 3 is 2.71 bits per heavy atom. The fraction of sp³-hybridized carbons (Fsp3) is 0.435. The second-order valence-corrected chi connectivity index (χ2v) is 7.74. The molecule has 2 N–H and O–H groups in total. The van der Waals surface area contributed by atoms with Crippen LogP contribution < -0.4 is 10.1 Å². The van der Waals surface area contributed by atoms with E-state index < -0.39 is 0 Å². The standard InChI is InChI=1S/C23H30N4O/c1-16-20-14-18(17-8-11-27(12-9-17)13-10-24-2)4-6-21(20)26-23(16)19-5-7-22(28-3)25-15-19/h4-7,14-15,17,24,26H,8-13H2,1-3H3. The largest absolute Gasteiger partial charge is 0.481 e. The monoisotopic (exact) mass is 378 g/mol. The van der Waals surface area contributed by atoms with E-state index in [9.17, 15) is 0 Å². The van der Waals surface area contributed by atoms with Crippen molar-refractivity contribution in [3.63, 3.8) is 0 Å². The zero-order chi connectivity index (χ0) is 19.5. The molecule has 1 aliphatic rings. The average Bonchev–Trinajstić information content (AvgIpc) is 3.08. The number of benzene rings is 1. The number of ether oxygens (including phenoxy) is 1. The second-order valence-electron chi connectivity index (χ2n) is 7.74. The number of nitrogens with zero attached hydrogens (tertiary/aromatic N) is 2. The number of aromatic amines is 1. The number of H-pyrrole nitrogens is 1. The lowest BCUT2D eigenvalue weighted by atomic mass is 9.88. The molecule has 3 heterocycles. The van der Waals surface area contributed by atoms with E-state index in [1.54, 1.807) is 7.11 Å². The van der Waals surface area contributed by atoms with Crippen molar-refractivity contribution in [2.45, 2.75) is 25.7 Å². The van der Waals surface area contributed by atoms with Crippen LogP contribution >= 0.6 is 0 Å². The van der Waals surface area contributed by atoms with Crippen molar-refractivity contribution in [1.82, 2.24) is 20.2 Å². The van der Waals surface area contributed by atoms with Crippen molar-refractivity contribution >= 4 is 10.9 Å². The van der Waals surface area contributed by atoms with Crippen molar-refractivity contribution in [2.24, 2.45) is 0 Å². The van der Waals surface area contributed by atoms with E-state index in [4.69, 9.17) is 4.74 Å². The Kier molecular flexibility index (Phi) is 5.64. The fourth-order valence-electron chi connectivity index (χ4n) is 4.30. The lowest BCUT2D eigenvalue weighted by Crippen LogP contribution is -2.37. The van der Waals surface area contributed by atoms with E-state index in [2.05, 4.69) is 51.4 Å². The van der Waals surface area contributed by atoms with Gasteiger partial charge in [0, 0.05) is 41.8 Å². The summed E-state index contributed by atoms with van der Waals surface area (Å²) >= 11 is 0. The Morgan fingerprint density at radius 2 is 2.04 bits per heavy atom. The summed E-state index contributed by atoms with van der Waals surface area (Å²) in [7, 11) is 3.67. The van der Waals surface area contributed by atoms with Gasteiger partial charge in [-0.3, -0.25) is 0 Å². The number of hydrogen-bond donors (Lipinski definition) is 2. The Bertz CT molecular complexity index is 924. The highest BCUT2D eigenvalue weighted by Crippen LogP contribution is 2.34. The summed E-state index contributed by atoms with van der Waals surface area (Å²) in [5.74, 6) is 1.30. The zero-order valence-electron chi connectivity index (χ0n) is 17.1. The number of nitrogens with one attached hydrogen (secondary N) is 2. The van der Waals surface area contributed by atoms with Crippen molar-refractivity contribution in [3.05, 3.63) is 47.7 Å². The molecule has 3 aromatic rings. The third-order valence-electron chi connectivity index (χ3n) is 6.05. The van der Waals surface area contributed by atoms with Gasteiger partial charge in [0.25, 0.3) is 0 Å². The molecule has 0 saturated carbocycles. The van der Waals surface area contributed by atoms with Crippen LogP contribution in [0.4, 0.5) is 0 Å². The lowest BCUT2D eigenvalue weighted by molar-refractivity contribution is 0.214. The molecular formula is C23H30N4O. The molecule has 0 atom stereocenters. The summed E-state index contributed by atoms with van der Waals surface area (Å²) < 4.78 is 5.18. The molecule has 5 nitrogen and oxygen atoms in total. The Morgan fingerprint density at radius 1 is 1.21 bits per heavy atom. The maximum absolute atomic E-state index is 5.18. The van der Waals surface area contributed by atoms with E-state index in [-0.39, 0.29) is 0 Å². The van der Waals surface area contributed by atoms with Crippen molar-refractivity contribution < 1.29 is 4.74 Å². The molecule has 5 heteroatoms. The first-order valence-corrected chi connectivity index (χ1v) is 10.2. The number of likely N-dealkylation sites (N-methyl/N-ethyl adjacent to an activating group) is 1. The van der Waals surface area contributed by atoms with Gasteiger partial charge in [0.15, 0.2) is 0 Å². The molecule has 28 heavy (non-hydrogen) atoms. The minimum Gasteiger partial charge on any atom is -0.481 e. The number of piperidine rings is 1. The maximum atomic E-state index is 5.18. The van der Waals surface area contributed by atoms with Crippen LogP contribution in [0.15, 0.2) is 36.5 Å². The van der Waals surface area contributed by atoms with Crippen LogP contribution in [0.25, 0.3) is 22.2 Å². The molecule has 2 aromatic heterocycles. The molecular weight excluding hydrogens is 348 g/mol. The van der Waals surface area contributed by atoms with Gasteiger partial charge in [-0.05, 0) is 75.1 Å². The number of rotatable bonds is 6. The van der Waals surface area contributed by atoms with Gasteiger partial charge in [-0.25, -0.2) is 4.98 Å². The minimum atomic E-state index is 0.640. The number of likely N-dealkylation sites (tertiary alicyclic amines) is 1. The molecule has 0 radical (unpaired) electrons. The Hall–Kier alpha value is -2.37. The first-order chi connectivity index (χ1) is 13.7. The van der Waals surface area contributed by atoms with Crippen LogP contribution in [0.3, 0.4) is 0 Å². The molecule has 0 bridgehead atoms. The van der Waals surface area contributed by atoms with Gasteiger partial charge in [-0.1, -0.05) is 6.07 Å². The highest BCUT2D eigenvalue weighted by molar-refractivity contribution is 5.91. The molecule has 1 aromatic carbocycles. The van der Waals surface area contributed by atoms with Crippen LogP contribution in [0.1, 0.15) is 29.9 Å². The number of aryl methyl sites for hydroxylation is 1. The summed E-state index contributed by atoms with van der Waals surface area (Å²) in [5, 5.41) is 4.57. The number of fused-ring (bicyclic) bond motifs is 1. The van der Waals surface area contributed by atoms with E-state index >= 15 is 0 Å². The topological polar surface area (TPSA) is 53.2 Å². The molecule has 148 valence electrons. The van der Waals surface area contributed by atoms with Crippen molar-refractivity contribution in [2.75, 3.05) is 40.3 Å². The first kappa shape index (κ1) is 19.0. The summed E-state index contributed by atoms with van der Waals surface area (Å²) in [4.78, 5) is 10.5. The molecule has 0 unspecified atom stereocenters. The molecule has 0 spiro atoms. The molecule has 0 aliphatic carbocycles. The highest BCUT2D eigenvalue weighted by Gasteiger charge is 2.21. The first-order valence-electron chi connectivity index (χ1n) is 10.2. The van der Waals surface area contributed by atoms with Crippen LogP contribution in [0.5, 0.6) is 5.88 Å². The quantitative estimate of drug-likeness (QED) is 0.682. The van der Waals surface area contributed by atoms with Crippen LogP contribution in [-0.2, 0) is 0 Å². The fourth-order valence-corrected chi connectivity index (χ4v) is 4.30. The summed E-state index contributed by atoms with van der Waals surface area (Å²) in [6, 6.07) is 10.9. The van der Waals surface area contributed by atoms with Gasteiger partial charge in [0.1, 0.15) is 0 Å². The van der Waals surface area contributed by atoms with Crippen molar-refractivity contribution in [3.8, 4) is 17.1 Å². The van der Waals surface area contributed by atoms with E-state index in [1.165, 1.54) is 48.0 Å². The van der Waals surface area contributed by atoms with Crippen molar-refractivity contribution in [1.29, 1.82) is 0 Å². The third-order valence-corrected chi connectivity index (χ3v) is 6.05. The predicted molar refractivity (Wildman–Crippen MR) is 115 cm³/mol. The molecule has 4 rings (SSSR count). The van der Waals surface area contributed by atoms with Gasteiger partial charge in [0.2, 0.25) is 5.88 Å². The number of methoxy groups -OCH3 is 1. The lowest BCUT2D eigenvalue weighted by Gasteiger charge is -2.32. The molecule has 1 fully saturated rings. The van der Waals surface area contributed by atoms with Crippen LogP contribution in [-0.4, -0.2) is 55.2 Å². The zero-order valence-corrected chi connectivity index (χ0v) is 17.1. The normalized spacial score (nSPS) is 16.0. The molecule has 1 saturated heterocycles. The smallest absolute Gasteiger partial charge is 0.212 e. The highest BCUT2D eigenvalue weighted by atomic mass is 16.5. The third kappa shape index (κ3) is 3.77. The van der Waals surface area contributed by atoms with Crippen LogP contribution in [0, 0.1) is 6.92 Å². The van der Waals surface area contributed by atoms with Crippen LogP contribution in [0.2, 0.25) is 0 Å². The van der Waals surface area contributed by atoms with Gasteiger partial charge < -0.3 is 19.9 Å². The molecule has 1 aliphatic heterocycles. The van der Waals surface area contributed by atoms with Gasteiger partial charge in [-0.15, -0.1) is 0 Å². The number of aromatic nitrogens is 2. The SMILES string of the molecule is CNCCN1CCC(c2ccc3[nH]c(-c4ccc(OC)nc4)c(C)c3c2)CC1. The van der Waals surface area contributed by atoms with E-state index in [0.29, 0.717) is 11.8 Å². The Labute approximate surface area is 167 Å². The second kappa shape index (κ2) is 8.33. The number of hydrogen-bond acceptors (Lipinski definition) is 4. The summed E-state index contributed by atoms with van der Waals surface area (Å²) in [6.07, 6.45) is 4.36. The summed E-state index contributed by atoms with van der Waals surface area (Å²) in [6.45, 7) is 6.81. The number of pyridine rings is 1. The van der Waals surface area contributed by atoms with Gasteiger partial charge in [-0.2, -0.15) is 0 Å². The average molecular weight is 379 g/mol. The minimum absolute atomic E-state index is 0.640. The predicted octanol–water partition coefficient (Wildman–Crippen LogP) is 3.95.